The predicted octanol–water partition coefficient (Wildman–Crippen LogP) is 5.69. The number of benzene rings is 2. The number of hydrogen-bond donors (Lipinski definition) is 0. The first-order valence-corrected chi connectivity index (χ1v) is 7.88. The molecule has 0 fully saturated rings. The van der Waals surface area contributed by atoms with Crippen LogP contribution in [0.2, 0.25) is 0 Å². The molecule has 20 heavy (non-hydrogen) atoms. The summed E-state index contributed by atoms with van der Waals surface area (Å²) in [5, 5.41) is 0. The highest BCUT2D eigenvalue weighted by atomic mass is 79.9. The smallest absolute Gasteiger partial charge is 0.120 e. The second-order valence-electron chi connectivity index (χ2n) is 5.05. The summed E-state index contributed by atoms with van der Waals surface area (Å²) >= 11 is 9.38. The molecule has 3 heteroatoms. The molecule has 0 saturated carbocycles. The molecule has 106 valence electrons. The Balaban J connectivity index is 2.17. The molecule has 0 N–H and O–H groups in total. The maximum absolute atomic E-state index is 5.91. The number of aryl methyl sites for hydroxylation is 3. The van der Waals surface area contributed by atoms with Crippen LogP contribution in [0.1, 0.15) is 27.8 Å². The van der Waals surface area contributed by atoms with Gasteiger partial charge in [-0.15, -0.1) is 11.6 Å². The SMILES string of the molecule is Cc1cc(C)c(COc2ccc(Br)c(CCl)c2)c(C)c1. The Hall–Kier alpha value is -0.990. The van der Waals surface area contributed by atoms with Gasteiger partial charge in [0.05, 0.1) is 0 Å². The molecule has 2 rings (SSSR count). The van der Waals surface area contributed by atoms with Crippen molar-refractivity contribution in [2.45, 2.75) is 33.3 Å². The fourth-order valence-electron chi connectivity index (χ4n) is 2.34. The molecule has 0 radical (unpaired) electrons. The minimum Gasteiger partial charge on any atom is -0.489 e. The van der Waals surface area contributed by atoms with Gasteiger partial charge in [0, 0.05) is 10.4 Å². The van der Waals surface area contributed by atoms with E-state index < -0.39 is 0 Å². The van der Waals surface area contributed by atoms with E-state index in [0.717, 1.165) is 15.8 Å². The first-order chi connectivity index (χ1) is 9.51. The molecule has 0 aliphatic heterocycles. The first-order valence-electron chi connectivity index (χ1n) is 6.55. The predicted molar refractivity (Wildman–Crippen MR) is 88.7 cm³/mol. The van der Waals surface area contributed by atoms with Crippen LogP contribution in [-0.2, 0) is 12.5 Å². The van der Waals surface area contributed by atoms with Gasteiger partial charge < -0.3 is 4.74 Å². The topological polar surface area (TPSA) is 9.23 Å². The van der Waals surface area contributed by atoms with Crippen molar-refractivity contribution in [3.8, 4) is 5.75 Å². The third-order valence-electron chi connectivity index (χ3n) is 3.38. The Kier molecular flexibility index (Phi) is 5.11. The van der Waals surface area contributed by atoms with Crippen LogP contribution in [0.15, 0.2) is 34.8 Å². The molecular weight excluding hydrogens is 336 g/mol. The molecule has 0 amide bonds. The third-order valence-corrected chi connectivity index (χ3v) is 4.45. The van der Waals surface area contributed by atoms with Crippen molar-refractivity contribution < 1.29 is 4.74 Å². The van der Waals surface area contributed by atoms with E-state index in [9.17, 15) is 0 Å². The largest absolute Gasteiger partial charge is 0.489 e. The molecule has 1 nitrogen and oxygen atoms in total. The fraction of sp³-hybridized carbons (Fsp3) is 0.294. The summed E-state index contributed by atoms with van der Waals surface area (Å²) in [6.45, 7) is 6.96. The van der Waals surface area contributed by atoms with Gasteiger partial charge in [0.15, 0.2) is 0 Å². The lowest BCUT2D eigenvalue weighted by atomic mass is 10.0. The average Bonchev–Trinajstić information content (AvgIpc) is 2.39. The van der Waals surface area contributed by atoms with E-state index in [4.69, 9.17) is 16.3 Å². The molecule has 0 atom stereocenters. The molecule has 0 heterocycles. The van der Waals surface area contributed by atoms with Crippen molar-refractivity contribution in [3.63, 3.8) is 0 Å². The van der Waals surface area contributed by atoms with E-state index in [1.54, 1.807) is 0 Å². The Morgan fingerprint density at radius 2 is 1.70 bits per heavy atom. The number of hydrogen-bond acceptors (Lipinski definition) is 1. The van der Waals surface area contributed by atoms with Crippen LogP contribution in [0.25, 0.3) is 0 Å². The Bertz CT molecular complexity index is 599. The lowest BCUT2D eigenvalue weighted by molar-refractivity contribution is 0.304. The summed E-state index contributed by atoms with van der Waals surface area (Å²) < 4.78 is 6.93. The first kappa shape index (κ1) is 15.4. The van der Waals surface area contributed by atoms with Gasteiger partial charge in [0.2, 0.25) is 0 Å². The van der Waals surface area contributed by atoms with Crippen molar-refractivity contribution >= 4 is 27.5 Å². The zero-order valence-electron chi connectivity index (χ0n) is 12.0. The normalized spacial score (nSPS) is 10.7. The molecular formula is C17H18BrClO. The van der Waals surface area contributed by atoms with Crippen LogP contribution in [0.4, 0.5) is 0 Å². The van der Waals surface area contributed by atoms with Gasteiger partial charge in [-0.05, 0) is 61.2 Å². The lowest BCUT2D eigenvalue weighted by Crippen LogP contribution is -2.01. The van der Waals surface area contributed by atoms with Crippen molar-refractivity contribution in [2.75, 3.05) is 0 Å². The van der Waals surface area contributed by atoms with Gasteiger partial charge in [-0.3, -0.25) is 0 Å². The number of rotatable bonds is 4. The van der Waals surface area contributed by atoms with Crippen LogP contribution < -0.4 is 4.74 Å². The zero-order valence-corrected chi connectivity index (χ0v) is 14.3. The van der Waals surface area contributed by atoms with Crippen molar-refractivity contribution in [1.82, 2.24) is 0 Å². The molecule has 0 aliphatic rings. The second-order valence-corrected chi connectivity index (χ2v) is 6.17. The van der Waals surface area contributed by atoms with E-state index in [1.165, 1.54) is 22.3 Å². The van der Waals surface area contributed by atoms with Crippen LogP contribution in [0.5, 0.6) is 5.75 Å². The van der Waals surface area contributed by atoms with E-state index >= 15 is 0 Å². The van der Waals surface area contributed by atoms with Crippen molar-refractivity contribution in [2.24, 2.45) is 0 Å². The number of ether oxygens (including phenoxy) is 1. The van der Waals surface area contributed by atoms with Gasteiger partial charge in [-0.2, -0.15) is 0 Å². The lowest BCUT2D eigenvalue weighted by Gasteiger charge is -2.13. The molecule has 0 aromatic heterocycles. The van der Waals surface area contributed by atoms with E-state index in [1.807, 2.05) is 18.2 Å². The van der Waals surface area contributed by atoms with E-state index in [0.29, 0.717) is 12.5 Å². The van der Waals surface area contributed by atoms with E-state index in [-0.39, 0.29) is 0 Å². The Morgan fingerprint density at radius 1 is 1.05 bits per heavy atom. The van der Waals surface area contributed by atoms with Gasteiger partial charge in [0.25, 0.3) is 0 Å². The zero-order chi connectivity index (χ0) is 14.7. The summed E-state index contributed by atoms with van der Waals surface area (Å²) in [7, 11) is 0. The summed E-state index contributed by atoms with van der Waals surface area (Å²) in [5.74, 6) is 1.32. The van der Waals surface area contributed by atoms with Crippen LogP contribution in [-0.4, -0.2) is 0 Å². The molecule has 2 aromatic rings. The van der Waals surface area contributed by atoms with Crippen molar-refractivity contribution in [3.05, 3.63) is 62.6 Å². The van der Waals surface area contributed by atoms with Crippen LogP contribution in [0.3, 0.4) is 0 Å². The summed E-state index contributed by atoms with van der Waals surface area (Å²) in [6, 6.07) is 10.3. The monoisotopic (exact) mass is 352 g/mol. The highest BCUT2D eigenvalue weighted by Gasteiger charge is 2.06. The van der Waals surface area contributed by atoms with Gasteiger partial charge in [-0.25, -0.2) is 0 Å². The molecule has 0 aliphatic carbocycles. The highest BCUT2D eigenvalue weighted by molar-refractivity contribution is 9.10. The molecule has 0 spiro atoms. The third kappa shape index (κ3) is 3.56. The summed E-state index contributed by atoms with van der Waals surface area (Å²) in [4.78, 5) is 0. The minimum atomic E-state index is 0.473. The summed E-state index contributed by atoms with van der Waals surface area (Å²) in [6.07, 6.45) is 0. The van der Waals surface area contributed by atoms with Gasteiger partial charge in [0.1, 0.15) is 12.4 Å². The maximum Gasteiger partial charge on any atom is 0.120 e. The average molecular weight is 354 g/mol. The second kappa shape index (κ2) is 6.64. The Morgan fingerprint density at radius 3 is 2.30 bits per heavy atom. The van der Waals surface area contributed by atoms with Crippen molar-refractivity contribution in [1.29, 1.82) is 0 Å². The number of halogens is 2. The van der Waals surface area contributed by atoms with E-state index in [2.05, 4.69) is 48.8 Å². The molecule has 0 saturated heterocycles. The van der Waals surface area contributed by atoms with Crippen LogP contribution >= 0.6 is 27.5 Å². The molecule has 2 aromatic carbocycles. The molecule has 0 unspecified atom stereocenters. The van der Waals surface area contributed by atoms with Crippen LogP contribution in [0, 0.1) is 20.8 Å². The number of alkyl halides is 1. The van der Waals surface area contributed by atoms with Gasteiger partial charge in [-0.1, -0.05) is 33.6 Å². The molecule has 0 bridgehead atoms. The minimum absolute atomic E-state index is 0.473. The fourth-order valence-corrected chi connectivity index (χ4v) is 3.11. The maximum atomic E-state index is 5.91. The standard InChI is InChI=1S/C17H18BrClO/c1-11-6-12(2)16(13(3)7-11)10-20-15-4-5-17(18)14(8-15)9-19/h4-8H,9-10H2,1-3H3. The highest BCUT2D eigenvalue weighted by Crippen LogP contribution is 2.25. The quantitative estimate of drug-likeness (QED) is 0.641. The summed E-state index contributed by atoms with van der Waals surface area (Å²) in [5.41, 5.74) is 6.14. The van der Waals surface area contributed by atoms with Gasteiger partial charge >= 0.3 is 0 Å². The Labute approximate surface area is 134 Å².